The van der Waals surface area contributed by atoms with E-state index in [0.717, 1.165) is 28.8 Å². The van der Waals surface area contributed by atoms with Crippen LogP contribution >= 0.6 is 35.3 Å². The van der Waals surface area contributed by atoms with Gasteiger partial charge in [-0.2, -0.15) is 0 Å². The van der Waals surface area contributed by atoms with Gasteiger partial charge in [-0.15, -0.1) is 12.4 Å². The maximum absolute atomic E-state index is 6.10. The third-order valence-corrected chi connectivity index (χ3v) is 4.12. The Balaban J connectivity index is 0.000000963. The van der Waals surface area contributed by atoms with Crippen LogP contribution in [0.15, 0.2) is 18.2 Å². The molecule has 2 aromatic rings. The van der Waals surface area contributed by atoms with Crippen molar-refractivity contribution >= 4 is 50.7 Å². The first-order valence-corrected chi connectivity index (χ1v) is 6.34. The summed E-state index contributed by atoms with van der Waals surface area (Å²) in [5, 5.41) is 1.88. The molecule has 1 saturated heterocycles. The lowest BCUT2D eigenvalue weighted by molar-refractivity contribution is 0.949. The lowest BCUT2D eigenvalue weighted by Crippen LogP contribution is -2.16. The van der Waals surface area contributed by atoms with Gasteiger partial charge < -0.3 is 4.90 Å². The highest BCUT2D eigenvalue weighted by molar-refractivity contribution is 7.22. The molecule has 5 heteroatoms. The van der Waals surface area contributed by atoms with Crippen LogP contribution in [0.3, 0.4) is 0 Å². The van der Waals surface area contributed by atoms with Crippen LogP contribution in [0.2, 0.25) is 5.02 Å². The third kappa shape index (κ3) is 1.99. The Bertz CT molecular complexity index is 492. The van der Waals surface area contributed by atoms with Crippen molar-refractivity contribution in [3.8, 4) is 0 Å². The second kappa shape index (κ2) is 4.78. The van der Waals surface area contributed by atoms with Crippen LogP contribution in [-0.2, 0) is 0 Å². The molecule has 0 bridgehead atoms. The van der Waals surface area contributed by atoms with Gasteiger partial charge in [0.2, 0.25) is 0 Å². The van der Waals surface area contributed by atoms with Crippen molar-refractivity contribution < 1.29 is 0 Å². The summed E-state index contributed by atoms with van der Waals surface area (Å²) in [6.07, 6.45) is 2.56. The lowest BCUT2D eigenvalue weighted by atomic mass is 10.3. The van der Waals surface area contributed by atoms with E-state index in [4.69, 9.17) is 11.6 Å². The second-order valence-electron chi connectivity index (χ2n) is 3.78. The quantitative estimate of drug-likeness (QED) is 0.782. The predicted octanol–water partition coefficient (Wildman–Crippen LogP) is 3.97. The molecule has 1 aliphatic rings. The van der Waals surface area contributed by atoms with Crippen molar-refractivity contribution in [2.75, 3.05) is 18.0 Å². The average molecular weight is 275 g/mol. The van der Waals surface area contributed by atoms with Gasteiger partial charge in [-0.25, -0.2) is 4.98 Å². The van der Waals surface area contributed by atoms with Crippen LogP contribution in [0.1, 0.15) is 12.8 Å². The predicted molar refractivity (Wildman–Crippen MR) is 73.3 cm³/mol. The Kier molecular flexibility index (Phi) is 3.57. The fourth-order valence-electron chi connectivity index (χ4n) is 1.95. The first-order valence-electron chi connectivity index (χ1n) is 5.14. The molecule has 0 radical (unpaired) electrons. The van der Waals surface area contributed by atoms with E-state index in [2.05, 4.69) is 16.0 Å². The molecule has 0 aliphatic carbocycles. The molecule has 1 aromatic heterocycles. The first-order chi connectivity index (χ1) is 7.34. The van der Waals surface area contributed by atoms with Crippen LogP contribution in [0.25, 0.3) is 10.2 Å². The Hall–Kier alpha value is -0.510. The molecule has 2 nitrogen and oxygen atoms in total. The van der Waals surface area contributed by atoms with Gasteiger partial charge in [0.05, 0.1) is 9.72 Å². The van der Waals surface area contributed by atoms with Crippen molar-refractivity contribution in [1.82, 2.24) is 4.98 Å². The molecule has 1 aliphatic heterocycles. The minimum atomic E-state index is 0. The van der Waals surface area contributed by atoms with Crippen molar-refractivity contribution in [3.63, 3.8) is 0 Å². The van der Waals surface area contributed by atoms with Crippen molar-refractivity contribution in [2.45, 2.75) is 12.8 Å². The summed E-state index contributed by atoms with van der Waals surface area (Å²) < 4.78 is 1.18. The van der Waals surface area contributed by atoms with E-state index < -0.39 is 0 Å². The number of aromatic nitrogens is 1. The molecule has 0 N–H and O–H groups in total. The van der Waals surface area contributed by atoms with E-state index >= 15 is 0 Å². The van der Waals surface area contributed by atoms with Gasteiger partial charge in [0.25, 0.3) is 0 Å². The number of hydrogen-bond acceptors (Lipinski definition) is 3. The van der Waals surface area contributed by atoms with Crippen LogP contribution in [0, 0.1) is 0 Å². The number of para-hydroxylation sites is 1. The number of rotatable bonds is 1. The standard InChI is InChI=1S/C11H11ClN2S.ClH/c12-8-4-3-5-9-10(8)13-11(15-9)14-6-1-2-7-14;/h3-5H,1-2,6-7H2;1H. The molecule has 2 heterocycles. The molecule has 86 valence electrons. The summed E-state index contributed by atoms with van der Waals surface area (Å²) in [5.41, 5.74) is 0.950. The van der Waals surface area contributed by atoms with E-state index in [1.165, 1.54) is 17.5 Å². The SMILES string of the molecule is Cl.Clc1cccc2sc(N3CCCC3)nc12. The third-order valence-electron chi connectivity index (χ3n) is 2.74. The number of halogens is 2. The van der Waals surface area contributed by atoms with E-state index in [-0.39, 0.29) is 12.4 Å². The number of fused-ring (bicyclic) bond motifs is 1. The van der Waals surface area contributed by atoms with Gasteiger partial charge in [-0.1, -0.05) is 29.0 Å². The van der Waals surface area contributed by atoms with Crippen molar-refractivity contribution in [1.29, 1.82) is 0 Å². The van der Waals surface area contributed by atoms with E-state index in [0.29, 0.717) is 0 Å². The Morgan fingerprint density at radius 2 is 2.00 bits per heavy atom. The summed E-state index contributed by atoms with van der Waals surface area (Å²) in [5.74, 6) is 0. The topological polar surface area (TPSA) is 16.1 Å². The Morgan fingerprint density at radius 1 is 1.25 bits per heavy atom. The number of nitrogens with zero attached hydrogens (tertiary/aromatic N) is 2. The summed E-state index contributed by atoms with van der Waals surface area (Å²) >= 11 is 7.84. The van der Waals surface area contributed by atoms with Gasteiger partial charge in [-0.3, -0.25) is 0 Å². The molecule has 0 unspecified atom stereocenters. The van der Waals surface area contributed by atoms with Gasteiger partial charge in [-0.05, 0) is 25.0 Å². The van der Waals surface area contributed by atoms with Gasteiger partial charge in [0, 0.05) is 13.1 Å². The highest BCUT2D eigenvalue weighted by atomic mass is 35.5. The maximum Gasteiger partial charge on any atom is 0.186 e. The van der Waals surface area contributed by atoms with Gasteiger partial charge in [0.15, 0.2) is 5.13 Å². The lowest BCUT2D eigenvalue weighted by Gasteiger charge is -2.11. The molecular formula is C11H12Cl2N2S. The summed E-state index contributed by atoms with van der Waals surface area (Å²) in [4.78, 5) is 6.95. The normalized spacial score (nSPS) is 15.4. The number of benzene rings is 1. The summed E-state index contributed by atoms with van der Waals surface area (Å²) in [6, 6.07) is 5.96. The Morgan fingerprint density at radius 3 is 2.69 bits per heavy atom. The Labute approximate surface area is 110 Å². The molecule has 0 spiro atoms. The molecule has 3 rings (SSSR count). The fraction of sp³-hybridized carbons (Fsp3) is 0.364. The van der Waals surface area contributed by atoms with Crippen LogP contribution < -0.4 is 4.90 Å². The number of thiazole rings is 1. The highest BCUT2D eigenvalue weighted by Gasteiger charge is 2.16. The monoisotopic (exact) mass is 274 g/mol. The summed E-state index contributed by atoms with van der Waals surface area (Å²) in [7, 11) is 0. The zero-order chi connectivity index (χ0) is 10.3. The van der Waals surface area contributed by atoms with E-state index in [1.807, 2.05) is 12.1 Å². The molecule has 0 saturated carbocycles. The minimum Gasteiger partial charge on any atom is -0.348 e. The molecule has 16 heavy (non-hydrogen) atoms. The molecule has 0 amide bonds. The van der Waals surface area contributed by atoms with Crippen molar-refractivity contribution in [3.05, 3.63) is 23.2 Å². The smallest absolute Gasteiger partial charge is 0.186 e. The van der Waals surface area contributed by atoms with Gasteiger partial charge in [0.1, 0.15) is 5.52 Å². The zero-order valence-electron chi connectivity index (χ0n) is 8.65. The van der Waals surface area contributed by atoms with Crippen LogP contribution in [0.5, 0.6) is 0 Å². The number of hydrogen-bond donors (Lipinski definition) is 0. The first kappa shape index (κ1) is 12.0. The average Bonchev–Trinajstić information content (AvgIpc) is 2.86. The van der Waals surface area contributed by atoms with E-state index in [1.54, 1.807) is 11.3 Å². The highest BCUT2D eigenvalue weighted by Crippen LogP contribution is 2.33. The van der Waals surface area contributed by atoms with Crippen molar-refractivity contribution in [2.24, 2.45) is 0 Å². The zero-order valence-corrected chi connectivity index (χ0v) is 11.0. The molecule has 1 aromatic carbocycles. The molecule has 0 atom stereocenters. The van der Waals surface area contributed by atoms with E-state index in [9.17, 15) is 0 Å². The largest absolute Gasteiger partial charge is 0.348 e. The maximum atomic E-state index is 6.10. The van der Waals surface area contributed by atoms with Gasteiger partial charge >= 0.3 is 0 Å². The van der Waals surface area contributed by atoms with Crippen LogP contribution in [-0.4, -0.2) is 18.1 Å². The minimum absolute atomic E-state index is 0. The molecular weight excluding hydrogens is 263 g/mol. The fourth-order valence-corrected chi connectivity index (χ4v) is 3.26. The van der Waals surface area contributed by atoms with Crippen LogP contribution in [0.4, 0.5) is 5.13 Å². The summed E-state index contributed by atoms with van der Waals surface area (Å²) in [6.45, 7) is 2.27. The molecule has 1 fully saturated rings. The number of anilines is 1. The second-order valence-corrected chi connectivity index (χ2v) is 5.19.